The van der Waals surface area contributed by atoms with Crippen molar-refractivity contribution in [2.75, 3.05) is 0 Å². The van der Waals surface area contributed by atoms with Gasteiger partial charge in [-0.15, -0.1) is 0 Å². The molecule has 4 heteroatoms. The van der Waals surface area contributed by atoms with Crippen LogP contribution in [0, 0.1) is 0 Å². The van der Waals surface area contributed by atoms with Crippen LogP contribution >= 0.6 is 0 Å². The van der Waals surface area contributed by atoms with Gasteiger partial charge in [0, 0.05) is 0 Å². The highest BCUT2D eigenvalue weighted by molar-refractivity contribution is 5.31. The molecule has 0 aromatic carbocycles. The highest BCUT2D eigenvalue weighted by Gasteiger charge is 1.27. The second-order valence-corrected chi connectivity index (χ2v) is 0.220. The Labute approximate surface area is 28.6 Å². The van der Waals surface area contributed by atoms with Crippen LogP contribution in [0.5, 0.6) is 0 Å². The topological polar surface area (TPSA) is 86.9 Å². The van der Waals surface area contributed by atoms with E-state index in [1.807, 2.05) is 0 Å². The molecule has 4 N–H and O–H groups in total. The summed E-state index contributed by atoms with van der Waals surface area (Å²) in [4.78, 5) is 8.76. The van der Waals surface area contributed by atoms with Crippen LogP contribution in [0.3, 0.4) is 0 Å². The van der Waals surface area contributed by atoms with Gasteiger partial charge in [-0.25, -0.2) is 4.79 Å². The van der Waals surface area contributed by atoms with Crippen molar-refractivity contribution in [2.24, 2.45) is 10.9 Å². The normalized spacial score (nSPS) is 3.20. The average molecular weight is 76.1 g/mol. The number of hydrazone groups is 1. The summed E-state index contributed by atoms with van der Waals surface area (Å²) in [6.07, 6.45) is 1.08. The maximum atomic E-state index is 8.76. The number of isocyanates is 1. The lowest BCUT2D eigenvalue weighted by atomic mass is 11.6. The molecule has 0 spiro atoms. The third-order valence-corrected chi connectivity index (χ3v) is 0.0527. The van der Waals surface area contributed by atoms with Crippen LogP contribution in [0.25, 0.3) is 0 Å². The van der Waals surface area contributed by atoms with Crippen LogP contribution in [0.1, 0.15) is 0 Å². The molecular weight excluding hydrogens is 72.0 g/mol. The SMILES string of the molecule is NN=C=O.O. The van der Waals surface area contributed by atoms with E-state index in [0.29, 0.717) is 0 Å². The van der Waals surface area contributed by atoms with Crippen molar-refractivity contribution in [1.82, 2.24) is 0 Å². The highest BCUT2D eigenvalue weighted by Crippen LogP contribution is 1.14. The van der Waals surface area contributed by atoms with Gasteiger partial charge in [0.1, 0.15) is 0 Å². The molecule has 30 valence electrons. The summed E-state index contributed by atoms with van der Waals surface area (Å²) >= 11 is 0. The molecule has 0 aliphatic rings. The summed E-state index contributed by atoms with van der Waals surface area (Å²) in [6, 6.07) is 0. The molecule has 5 heavy (non-hydrogen) atoms. The van der Waals surface area contributed by atoms with E-state index in [-0.39, 0.29) is 5.48 Å². The second kappa shape index (κ2) is 11.1. The maximum absolute atomic E-state index is 8.76. The van der Waals surface area contributed by atoms with Crippen LogP contribution in [0.2, 0.25) is 0 Å². The van der Waals surface area contributed by atoms with Gasteiger partial charge in [0.15, 0.2) is 0 Å². The number of nitrogens with two attached hydrogens (primary N) is 1. The van der Waals surface area contributed by atoms with Crippen molar-refractivity contribution in [3.8, 4) is 0 Å². The molecule has 0 bridgehead atoms. The van der Waals surface area contributed by atoms with Gasteiger partial charge in [0.25, 0.3) is 6.08 Å². The van der Waals surface area contributed by atoms with Crippen LogP contribution in [-0.4, -0.2) is 11.6 Å². The number of hydrogen-bond donors (Lipinski definition) is 1. The van der Waals surface area contributed by atoms with Gasteiger partial charge >= 0.3 is 0 Å². The van der Waals surface area contributed by atoms with Crippen molar-refractivity contribution in [1.29, 1.82) is 0 Å². The van der Waals surface area contributed by atoms with E-state index >= 15 is 0 Å². The van der Waals surface area contributed by atoms with Crippen LogP contribution < -0.4 is 5.84 Å². The summed E-state index contributed by atoms with van der Waals surface area (Å²) in [5.74, 6) is 4.23. The zero-order valence-corrected chi connectivity index (χ0v) is 2.43. The third-order valence-electron chi connectivity index (χ3n) is 0.0527. The molecule has 0 atom stereocenters. The third kappa shape index (κ3) is 208. The van der Waals surface area contributed by atoms with E-state index in [2.05, 4.69) is 10.9 Å². The van der Waals surface area contributed by atoms with E-state index in [4.69, 9.17) is 4.79 Å². The van der Waals surface area contributed by atoms with Gasteiger partial charge < -0.3 is 11.3 Å². The number of hydrogen-bond acceptors (Lipinski definition) is 3. The minimum atomic E-state index is 0. The average Bonchev–Trinajstić information content (AvgIpc) is 1.37. The van der Waals surface area contributed by atoms with Crippen LogP contribution in [-0.2, 0) is 4.79 Å². The number of carbonyl (C=O) groups excluding carboxylic acids is 1. The molecule has 0 rings (SSSR count). The monoisotopic (exact) mass is 76.0 g/mol. The van der Waals surface area contributed by atoms with Gasteiger partial charge in [-0.2, -0.15) is 0 Å². The summed E-state index contributed by atoms with van der Waals surface area (Å²) < 4.78 is 0. The minimum Gasteiger partial charge on any atom is -0.412 e. The first-order valence-electron chi connectivity index (χ1n) is 0.686. The fourth-order valence-corrected chi connectivity index (χ4v) is 0. The standard InChI is InChI=1S/CH2N2O.H2O/c2-3-1-4;/h2H2;1H2. The fraction of sp³-hybridized carbons (Fsp3) is 0. The zero-order valence-electron chi connectivity index (χ0n) is 2.43. The molecule has 0 radical (unpaired) electrons. The lowest BCUT2D eigenvalue weighted by molar-refractivity contribution is 0.563. The Morgan fingerprint density at radius 1 is 1.80 bits per heavy atom. The van der Waals surface area contributed by atoms with E-state index in [1.54, 1.807) is 0 Å². The molecule has 0 aromatic rings. The molecule has 0 amide bonds. The van der Waals surface area contributed by atoms with Crippen molar-refractivity contribution < 1.29 is 10.3 Å². The van der Waals surface area contributed by atoms with E-state index < -0.39 is 0 Å². The van der Waals surface area contributed by atoms with E-state index in [9.17, 15) is 0 Å². The van der Waals surface area contributed by atoms with Crippen molar-refractivity contribution in [3.63, 3.8) is 0 Å². The molecule has 0 unspecified atom stereocenters. The Bertz CT molecular complexity index is 45.6. The predicted molar refractivity (Wildman–Crippen MR) is 15.9 cm³/mol. The first kappa shape index (κ1) is 8.91. The van der Waals surface area contributed by atoms with Crippen molar-refractivity contribution in [3.05, 3.63) is 0 Å². The molecule has 0 aromatic heterocycles. The molecule has 0 fully saturated rings. The molecule has 0 aliphatic heterocycles. The fourth-order valence-electron chi connectivity index (χ4n) is 0. The highest BCUT2D eigenvalue weighted by atomic mass is 16.1. The van der Waals surface area contributed by atoms with Gasteiger partial charge in [-0.1, -0.05) is 5.10 Å². The summed E-state index contributed by atoms with van der Waals surface area (Å²) in [6.45, 7) is 0. The summed E-state index contributed by atoms with van der Waals surface area (Å²) in [5.41, 5.74) is 0. The first-order chi connectivity index (χ1) is 1.91. The smallest absolute Gasteiger partial charge is 0.257 e. The Hall–Kier alpha value is -0.860. The minimum absolute atomic E-state index is 0. The summed E-state index contributed by atoms with van der Waals surface area (Å²) in [7, 11) is 0. The van der Waals surface area contributed by atoms with E-state index in [0.717, 1.165) is 6.08 Å². The van der Waals surface area contributed by atoms with E-state index in [1.165, 1.54) is 0 Å². The van der Waals surface area contributed by atoms with Gasteiger partial charge in [-0.3, -0.25) is 0 Å². The Balaban J connectivity index is 0. The first-order valence-corrected chi connectivity index (χ1v) is 0.686. The molecular formula is CH4N2O2. The number of nitrogens with zero attached hydrogens (tertiary/aromatic N) is 1. The van der Waals surface area contributed by atoms with Crippen LogP contribution in [0.15, 0.2) is 5.10 Å². The van der Waals surface area contributed by atoms with Crippen LogP contribution in [0.4, 0.5) is 0 Å². The van der Waals surface area contributed by atoms with Crippen molar-refractivity contribution >= 4 is 6.08 Å². The van der Waals surface area contributed by atoms with Gasteiger partial charge in [0.2, 0.25) is 0 Å². The van der Waals surface area contributed by atoms with Gasteiger partial charge in [-0.05, 0) is 0 Å². The predicted octanol–water partition coefficient (Wildman–Crippen LogP) is -1.63. The van der Waals surface area contributed by atoms with Gasteiger partial charge in [0.05, 0.1) is 0 Å². The Morgan fingerprint density at radius 3 is 2.00 bits per heavy atom. The quantitative estimate of drug-likeness (QED) is 0.162. The number of rotatable bonds is 0. The summed E-state index contributed by atoms with van der Waals surface area (Å²) in [5, 5.41) is 2.43. The molecule has 0 aliphatic carbocycles. The second-order valence-electron chi connectivity index (χ2n) is 0.220. The largest absolute Gasteiger partial charge is 0.412 e. The molecule has 0 saturated heterocycles. The molecule has 0 saturated carbocycles. The lowest BCUT2D eigenvalue weighted by Gasteiger charge is -1.41. The van der Waals surface area contributed by atoms with Crippen molar-refractivity contribution in [2.45, 2.75) is 0 Å². The molecule has 0 heterocycles. The lowest BCUT2D eigenvalue weighted by Crippen LogP contribution is -1.71. The zero-order chi connectivity index (χ0) is 3.41. The Kier molecular flexibility index (Phi) is 19.7. The molecule has 4 nitrogen and oxygen atoms in total. The Morgan fingerprint density at radius 2 is 2.00 bits per heavy atom. The maximum Gasteiger partial charge on any atom is 0.257 e.